The van der Waals surface area contributed by atoms with Gasteiger partial charge in [0.1, 0.15) is 0 Å². The summed E-state index contributed by atoms with van der Waals surface area (Å²) in [7, 11) is 0. The molecule has 6 nitrogen and oxygen atoms in total. The van der Waals surface area contributed by atoms with Crippen molar-refractivity contribution < 1.29 is 14.3 Å². The molecule has 0 aliphatic carbocycles. The number of nitrogens with one attached hydrogen (secondary N) is 2. The Hall–Kier alpha value is -1.31. The van der Waals surface area contributed by atoms with Crippen LogP contribution in [0.2, 0.25) is 14.8 Å². The van der Waals surface area contributed by atoms with Gasteiger partial charge in [0.2, 0.25) is 0 Å². The Morgan fingerprint density at radius 2 is 1.87 bits per heavy atom. The van der Waals surface area contributed by atoms with E-state index in [4.69, 9.17) is 4.74 Å². The van der Waals surface area contributed by atoms with Crippen LogP contribution in [-0.2, 0) is 9.53 Å². The fraction of sp³-hybridized carbons (Fsp3) is 0.562. The molecule has 1 heterocycles. The first kappa shape index (κ1) is 19.7. The van der Waals surface area contributed by atoms with Crippen LogP contribution in [0.5, 0.6) is 0 Å². The Bertz CT molecular complexity index is 545. The van der Waals surface area contributed by atoms with Gasteiger partial charge >= 0.3 is 121 Å². The third-order valence-electron chi connectivity index (χ3n) is 2.84. The topological polar surface area (TPSA) is 80.3 Å². The van der Waals surface area contributed by atoms with E-state index in [0.717, 1.165) is 0 Å². The Kier molecular flexibility index (Phi) is 6.85. The van der Waals surface area contributed by atoms with Crippen molar-refractivity contribution in [2.45, 2.75) is 47.6 Å². The van der Waals surface area contributed by atoms with E-state index < -0.39 is 30.1 Å². The van der Waals surface area contributed by atoms with Gasteiger partial charge in [-0.3, -0.25) is 0 Å². The van der Waals surface area contributed by atoms with Crippen LogP contribution in [0.25, 0.3) is 0 Å². The van der Waals surface area contributed by atoms with Gasteiger partial charge in [0, 0.05) is 0 Å². The van der Waals surface area contributed by atoms with Crippen molar-refractivity contribution >= 4 is 39.8 Å². The molecule has 23 heavy (non-hydrogen) atoms. The molecule has 0 spiro atoms. The molecule has 0 aliphatic rings. The predicted octanol–water partition coefficient (Wildman–Crippen LogP) is 2.48. The first-order valence-electron chi connectivity index (χ1n) is 7.70. The van der Waals surface area contributed by atoms with E-state index in [1.54, 1.807) is 27.0 Å². The van der Waals surface area contributed by atoms with Crippen molar-refractivity contribution in [2.24, 2.45) is 0 Å². The van der Waals surface area contributed by atoms with Crippen molar-refractivity contribution in [1.29, 1.82) is 0 Å². The van der Waals surface area contributed by atoms with Gasteiger partial charge in [-0.25, -0.2) is 0 Å². The van der Waals surface area contributed by atoms with E-state index in [-0.39, 0.29) is 18.9 Å². The number of aromatic nitrogens is 1. The van der Waals surface area contributed by atoms with Crippen LogP contribution in [0.3, 0.4) is 0 Å². The summed E-state index contributed by atoms with van der Waals surface area (Å²) in [5.74, 6) is -0.171. The van der Waals surface area contributed by atoms with Crippen molar-refractivity contribution in [3.05, 3.63) is 18.3 Å². The third kappa shape index (κ3) is 8.20. The minimum atomic E-state index is -2.16. The van der Waals surface area contributed by atoms with Crippen molar-refractivity contribution in [2.75, 3.05) is 11.9 Å². The van der Waals surface area contributed by atoms with Crippen LogP contribution in [-0.4, -0.2) is 47.5 Å². The molecule has 2 amide bonds. The molecule has 0 bridgehead atoms. The number of ether oxygens (including phenoxy) is 1. The Labute approximate surface area is 142 Å². The molecule has 0 unspecified atom stereocenters. The summed E-state index contributed by atoms with van der Waals surface area (Å²) in [6.45, 7) is 5.60. The summed E-state index contributed by atoms with van der Waals surface area (Å²) in [4.78, 5) is 34.6. The molecule has 0 aliphatic heterocycles. The van der Waals surface area contributed by atoms with Gasteiger partial charge in [0.15, 0.2) is 0 Å². The van der Waals surface area contributed by atoms with Crippen LogP contribution in [0.15, 0.2) is 18.3 Å². The second-order valence-corrected chi connectivity index (χ2v) is 21.7. The van der Waals surface area contributed by atoms with Gasteiger partial charge in [0.05, 0.1) is 0 Å². The molecule has 1 rings (SSSR count). The summed E-state index contributed by atoms with van der Waals surface area (Å²) >= 11 is -2.16. The Balaban J connectivity index is 2.38. The van der Waals surface area contributed by atoms with E-state index in [0.29, 0.717) is 5.69 Å². The number of hydrogen-bond donors (Lipinski definition) is 2. The number of alkyl carbamates (subject to hydrolysis) is 1. The molecule has 0 fully saturated rings. The first-order chi connectivity index (χ1) is 10.5. The molecule has 1 aromatic rings. The van der Waals surface area contributed by atoms with Crippen molar-refractivity contribution in [3.8, 4) is 0 Å². The summed E-state index contributed by atoms with van der Waals surface area (Å²) in [6, 6.07) is 3.87. The molecule has 0 radical (unpaired) electrons. The van der Waals surface area contributed by atoms with Gasteiger partial charge < -0.3 is 0 Å². The maximum atomic E-state index is 11.8. The third-order valence-corrected chi connectivity index (χ3v) is 8.07. The van der Waals surface area contributed by atoms with E-state index in [9.17, 15) is 9.59 Å². The summed E-state index contributed by atoms with van der Waals surface area (Å²) in [5, 5.41) is 5.33. The van der Waals surface area contributed by atoms with Crippen molar-refractivity contribution in [3.63, 3.8) is 0 Å². The van der Waals surface area contributed by atoms with Crippen LogP contribution >= 0.6 is 0 Å². The fourth-order valence-corrected chi connectivity index (χ4v) is 4.68. The normalized spacial score (nSPS) is 11.7. The zero-order chi connectivity index (χ0) is 17.7. The van der Waals surface area contributed by atoms with E-state index in [1.807, 2.05) is 12.1 Å². The van der Waals surface area contributed by atoms with Gasteiger partial charge in [-0.15, -0.1) is 0 Å². The second-order valence-electron chi connectivity index (χ2n) is 7.41. The number of amides is 2. The number of nitrogens with zero attached hydrogens (tertiary/aromatic N) is 1. The minimum absolute atomic E-state index is 0.171. The van der Waals surface area contributed by atoms with Gasteiger partial charge in [-0.05, 0) is 20.8 Å². The van der Waals surface area contributed by atoms with E-state index in [1.165, 1.54) is 3.71 Å². The molecule has 1 aromatic heterocycles. The molecule has 0 atom stereocenters. The molecular weight excluding hydrogens is 401 g/mol. The molecule has 7 heteroatoms. The zero-order valence-corrected chi connectivity index (χ0v) is 17.7. The summed E-state index contributed by atoms with van der Waals surface area (Å²) in [5.41, 5.74) is 0.129. The molecule has 128 valence electrons. The summed E-state index contributed by atoms with van der Waals surface area (Å²) < 4.78 is 6.27. The number of anilines is 1. The molecule has 0 saturated heterocycles. The Morgan fingerprint density at radius 1 is 1.22 bits per heavy atom. The zero-order valence-electron chi connectivity index (χ0n) is 14.8. The predicted molar refractivity (Wildman–Crippen MR) is 94.7 cm³/mol. The SMILES string of the molecule is CC(C)(C)OC(=O)NCCC(=O)Nc1cc[c]([Sn]([CH3])([CH3])[CH3])nc1. The number of carbonyl (C=O) groups is 2. The molecule has 2 N–H and O–H groups in total. The molecular formula is C16H27N3O3Sn. The van der Waals surface area contributed by atoms with Gasteiger partial charge in [-0.1, -0.05) is 0 Å². The van der Waals surface area contributed by atoms with E-state index >= 15 is 0 Å². The fourth-order valence-electron chi connectivity index (χ4n) is 1.73. The number of pyridine rings is 1. The molecule has 0 aromatic carbocycles. The number of hydrogen-bond acceptors (Lipinski definition) is 4. The second kappa shape index (κ2) is 7.99. The first-order valence-corrected chi connectivity index (χ1v) is 17.7. The average molecular weight is 428 g/mol. The average Bonchev–Trinajstić information content (AvgIpc) is 2.36. The van der Waals surface area contributed by atoms with Gasteiger partial charge in [-0.2, -0.15) is 0 Å². The summed E-state index contributed by atoms with van der Waals surface area (Å²) in [6.07, 6.45) is 1.35. The van der Waals surface area contributed by atoms with E-state index in [2.05, 4.69) is 30.4 Å². The van der Waals surface area contributed by atoms with Crippen LogP contribution in [0.4, 0.5) is 10.5 Å². The standard InChI is InChI=1S/C13H18N3O3.3CH3.Sn/c1-13(2,3)19-12(18)15-8-6-11(17)16-10-5-4-7-14-9-10;;;;/h4-5,9H,6,8H2,1-3H3,(H,15,18)(H,16,17);3*1H3;. The Morgan fingerprint density at radius 3 is 2.35 bits per heavy atom. The van der Waals surface area contributed by atoms with Crippen molar-refractivity contribution in [1.82, 2.24) is 10.3 Å². The quantitative estimate of drug-likeness (QED) is 0.707. The number of carbonyl (C=O) groups excluding carboxylic acids is 2. The monoisotopic (exact) mass is 429 g/mol. The number of rotatable bonds is 5. The van der Waals surface area contributed by atoms with Crippen LogP contribution in [0, 0.1) is 0 Å². The maximum absolute atomic E-state index is 11.8. The molecule has 0 saturated carbocycles. The van der Waals surface area contributed by atoms with Crippen LogP contribution in [0.1, 0.15) is 27.2 Å². The van der Waals surface area contributed by atoms with Gasteiger partial charge in [0.25, 0.3) is 0 Å². The van der Waals surface area contributed by atoms with Crippen LogP contribution < -0.4 is 14.3 Å².